The molecule has 7 heteroatoms. The normalized spacial score (nSPS) is 20.7. The molecule has 0 atom stereocenters. The van der Waals surface area contributed by atoms with Gasteiger partial charge in [-0.05, 0) is 77.7 Å². The minimum Gasteiger partial charge on any atom is -0.351 e. The molecule has 0 bridgehead atoms. The highest BCUT2D eigenvalue weighted by molar-refractivity contribution is 5.93. The van der Waals surface area contributed by atoms with Crippen molar-refractivity contribution < 1.29 is 4.79 Å². The van der Waals surface area contributed by atoms with Crippen LogP contribution < -0.4 is 10.6 Å². The van der Waals surface area contributed by atoms with Gasteiger partial charge in [0.2, 0.25) is 0 Å². The molecule has 2 N–H and O–H groups in total. The predicted octanol–water partition coefficient (Wildman–Crippen LogP) is 1.36. The van der Waals surface area contributed by atoms with Crippen molar-refractivity contribution in [3.05, 3.63) is 11.4 Å². The molecule has 7 nitrogen and oxygen atoms in total. The van der Waals surface area contributed by atoms with Gasteiger partial charge in [-0.15, -0.1) is 5.10 Å². The van der Waals surface area contributed by atoms with Gasteiger partial charge in [0, 0.05) is 6.54 Å². The highest BCUT2D eigenvalue weighted by Crippen LogP contribution is 2.20. The molecular weight excluding hydrogens is 316 g/mol. The van der Waals surface area contributed by atoms with E-state index in [0.717, 1.165) is 50.5 Å². The van der Waals surface area contributed by atoms with E-state index >= 15 is 0 Å². The number of piperidine rings is 2. The Morgan fingerprint density at radius 2 is 1.96 bits per heavy atom. The summed E-state index contributed by atoms with van der Waals surface area (Å²) in [4.78, 5) is 14.9. The molecule has 2 fully saturated rings. The summed E-state index contributed by atoms with van der Waals surface area (Å²) in [6.07, 6.45) is 5.66. The van der Waals surface area contributed by atoms with Crippen LogP contribution in [0.3, 0.4) is 0 Å². The molecule has 2 aliphatic rings. The van der Waals surface area contributed by atoms with Crippen molar-refractivity contribution in [1.82, 2.24) is 30.5 Å². The maximum absolute atomic E-state index is 12.4. The molecule has 0 aliphatic carbocycles. The predicted molar refractivity (Wildman–Crippen MR) is 97.7 cm³/mol. The molecule has 25 heavy (non-hydrogen) atoms. The number of aromatic nitrogens is 3. The van der Waals surface area contributed by atoms with E-state index in [-0.39, 0.29) is 5.91 Å². The second-order valence-corrected chi connectivity index (χ2v) is 7.58. The van der Waals surface area contributed by atoms with E-state index in [0.29, 0.717) is 18.3 Å². The van der Waals surface area contributed by atoms with E-state index in [2.05, 4.69) is 32.8 Å². The van der Waals surface area contributed by atoms with E-state index in [1.54, 1.807) is 0 Å². The highest BCUT2D eigenvalue weighted by Gasteiger charge is 2.22. The first-order valence-corrected chi connectivity index (χ1v) is 9.78. The van der Waals surface area contributed by atoms with Crippen molar-refractivity contribution in [3.63, 3.8) is 0 Å². The summed E-state index contributed by atoms with van der Waals surface area (Å²) in [5.41, 5.74) is 1.36. The molecule has 0 unspecified atom stereocenters. The van der Waals surface area contributed by atoms with Gasteiger partial charge in [0.25, 0.3) is 5.91 Å². The maximum Gasteiger partial charge on any atom is 0.273 e. The average Bonchev–Trinajstić information content (AvgIpc) is 3.02. The topological polar surface area (TPSA) is 75.1 Å². The lowest BCUT2D eigenvalue weighted by molar-refractivity contribution is 0.0945. The molecule has 1 aromatic heterocycles. The lowest BCUT2D eigenvalue weighted by atomic mass is 9.99. The average molecular weight is 348 g/mol. The fourth-order valence-electron chi connectivity index (χ4n) is 3.82. The minimum atomic E-state index is -0.0926. The molecule has 3 rings (SSSR count). The standard InChI is InChI=1S/C18H32N6O/c1-14-6-12-23(13-7-14)11-3-8-20-18(25)17-15(2)24(22-21-17)16-4-9-19-10-5-16/h14,16,19H,3-13H2,1-2H3,(H,20,25). The van der Waals surface area contributed by atoms with Gasteiger partial charge < -0.3 is 15.5 Å². The SMILES string of the molecule is Cc1c(C(=O)NCCCN2CCC(C)CC2)nnn1C1CCNCC1. The smallest absolute Gasteiger partial charge is 0.273 e. The fraction of sp³-hybridized carbons (Fsp3) is 0.833. The Hall–Kier alpha value is -1.47. The van der Waals surface area contributed by atoms with Crippen LogP contribution in [0.25, 0.3) is 0 Å². The van der Waals surface area contributed by atoms with Gasteiger partial charge in [-0.25, -0.2) is 4.68 Å². The van der Waals surface area contributed by atoms with Crippen molar-refractivity contribution in [1.29, 1.82) is 0 Å². The second kappa shape index (κ2) is 8.76. The first kappa shape index (κ1) is 18.3. The number of nitrogens with zero attached hydrogens (tertiary/aromatic N) is 4. The Kier molecular flexibility index (Phi) is 6.42. The van der Waals surface area contributed by atoms with Crippen LogP contribution in [0.1, 0.15) is 61.3 Å². The van der Waals surface area contributed by atoms with E-state index in [4.69, 9.17) is 0 Å². The van der Waals surface area contributed by atoms with Gasteiger partial charge in [0.1, 0.15) is 0 Å². The van der Waals surface area contributed by atoms with Crippen LogP contribution >= 0.6 is 0 Å². The zero-order valence-corrected chi connectivity index (χ0v) is 15.6. The van der Waals surface area contributed by atoms with Crippen LogP contribution in [0.4, 0.5) is 0 Å². The van der Waals surface area contributed by atoms with Gasteiger partial charge >= 0.3 is 0 Å². The van der Waals surface area contributed by atoms with Crippen LogP contribution in [0.2, 0.25) is 0 Å². The van der Waals surface area contributed by atoms with Gasteiger partial charge in [0.15, 0.2) is 5.69 Å². The molecule has 0 radical (unpaired) electrons. The maximum atomic E-state index is 12.4. The Balaban J connectivity index is 1.43. The first-order chi connectivity index (χ1) is 12.1. The number of hydrogen-bond donors (Lipinski definition) is 2. The van der Waals surface area contributed by atoms with Crippen molar-refractivity contribution in [2.45, 2.75) is 52.0 Å². The molecule has 0 saturated carbocycles. The van der Waals surface area contributed by atoms with E-state index in [9.17, 15) is 4.79 Å². The van der Waals surface area contributed by atoms with E-state index < -0.39 is 0 Å². The first-order valence-electron chi connectivity index (χ1n) is 9.78. The van der Waals surface area contributed by atoms with Gasteiger partial charge in [-0.2, -0.15) is 0 Å². The number of nitrogens with one attached hydrogen (secondary N) is 2. The van der Waals surface area contributed by atoms with Crippen molar-refractivity contribution in [2.24, 2.45) is 5.92 Å². The lowest BCUT2D eigenvalue weighted by Crippen LogP contribution is -2.35. The summed E-state index contributed by atoms with van der Waals surface area (Å²) < 4.78 is 1.94. The molecule has 2 saturated heterocycles. The van der Waals surface area contributed by atoms with Crippen LogP contribution in [0.15, 0.2) is 0 Å². The van der Waals surface area contributed by atoms with Crippen molar-refractivity contribution in [2.75, 3.05) is 39.3 Å². The fourth-order valence-corrected chi connectivity index (χ4v) is 3.82. The summed E-state index contributed by atoms with van der Waals surface area (Å²) in [6, 6.07) is 0.358. The van der Waals surface area contributed by atoms with Gasteiger partial charge in [-0.3, -0.25) is 4.79 Å². The molecule has 1 aromatic rings. The van der Waals surface area contributed by atoms with E-state index in [1.807, 2.05) is 11.6 Å². The summed E-state index contributed by atoms with van der Waals surface area (Å²) >= 11 is 0. The quantitative estimate of drug-likeness (QED) is 0.760. The van der Waals surface area contributed by atoms with Crippen LogP contribution in [0, 0.1) is 12.8 Å². The zero-order chi connectivity index (χ0) is 17.6. The number of carbonyl (C=O) groups is 1. The number of amides is 1. The minimum absolute atomic E-state index is 0.0926. The van der Waals surface area contributed by atoms with Gasteiger partial charge in [-0.1, -0.05) is 12.1 Å². The monoisotopic (exact) mass is 348 g/mol. The molecule has 140 valence electrons. The summed E-state index contributed by atoms with van der Waals surface area (Å²) in [5, 5.41) is 14.7. The molecule has 1 amide bonds. The third kappa shape index (κ3) is 4.79. The Labute approximate surface area is 150 Å². The van der Waals surface area contributed by atoms with Gasteiger partial charge in [0.05, 0.1) is 11.7 Å². The Morgan fingerprint density at radius 3 is 2.68 bits per heavy atom. The number of hydrogen-bond acceptors (Lipinski definition) is 5. The molecule has 0 aromatic carbocycles. The number of likely N-dealkylation sites (tertiary alicyclic amines) is 1. The highest BCUT2D eigenvalue weighted by atomic mass is 16.2. The molecule has 3 heterocycles. The second-order valence-electron chi connectivity index (χ2n) is 7.58. The van der Waals surface area contributed by atoms with E-state index in [1.165, 1.54) is 25.9 Å². The largest absolute Gasteiger partial charge is 0.351 e. The van der Waals surface area contributed by atoms with Crippen molar-refractivity contribution in [3.8, 4) is 0 Å². The summed E-state index contributed by atoms with van der Waals surface area (Å²) in [7, 11) is 0. The molecular formula is C18H32N6O. The van der Waals surface area contributed by atoms with Crippen LogP contribution in [-0.4, -0.2) is 65.1 Å². The Bertz CT molecular complexity index is 558. The van der Waals surface area contributed by atoms with Crippen LogP contribution in [0.5, 0.6) is 0 Å². The molecule has 0 spiro atoms. The van der Waals surface area contributed by atoms with Crippen LogP contribution in [-0.2, 0) is 0 Å². The summed E-state index contributed by atoms with van der Waals surface area (Å²) in [6.45, 7) is 10.4. The lowest BCUT2D eigenvalue weighted by Gasteiger charge is -2.30. The molecule has 2 aliphatic heterocycles. The number of carbonyl (C=O) groups excluding carboxylic acids is 1. The third-order valence-corrected chi connectivity index (χ3v) is 5.61. The van der Waals surface area contributed by atoms with Crippen molar-refractivity contribution >= 4 is 5.91 Å². The zero-order valence-electron chi connectivity index (χ0n) is 15.6. The number of rotatable bonds is 6. The Morgan fingerprint density at radius 1 is 1.24 bits per heavy atom. The third-order valence-electron chi connectivity index (χ3n) is 5.61. The summed E-state index contributed by atoms with van der Waals surface area (Å²) in [5.74, 6) is 0.770.